The van der Waals surface area contributed by atoms with Crippen LogP contribution >= 0.6 is 0 Å². The lowest BCUT2D eigenvalue weighted by Gasteiger charge is -2.00. The van der Waals surface area contributed by atoms with Gasteiger partial charge in [-0.05, 0) is 47.5 Å². The molecule has 0 N–H and O–H groups in total. The molecule has 0 fully saturated rings. The molecule has 5 rings (SSSR count). The predicted octanol–water partition coefficient (Wildman–Crippen LogP) is 7.40. The Labute approximate surface area is 181 Å². The Morgan fingerprint density at radius 3 is 1.45 bits per heavy atom. The summed E-state index contributed by atoms with van der Waals surface area (Å²) in [7, 11) is 0. The SMILES string of the molecule is C=Cn1c2ccc(N=Cc3ccccc3)cc2c2cc(N=Cc3ccccc3)ccc21. The third kappa shape index (κ3) is 3.81. The quantitative estimate of drug-likeness (QED) is 0.276. The Hall–Kier alpha value is -4.24. The van der Waals surface area contributed by atoms with Crippen molar-refractivity contribution in [2.45, 2.75) is 0 Å². The molecule has 0 bridgehead atoms. The van der Waals surface area contributed by atoms with E-state index in [-0.39, 0.29) is 0 Å². The van der Waals surface area contributed by atoms with Crippen LogP contribution in [-0.4, -0.2) is 17.0 Å². The van der Waals surface area contributed by atoms with Gasteiger partial charge in [-0.2, -0.15) is 0 Å². The van der Waals surface area contributed by atoms with Crippen LogP contribution in [0.2, 0.25) is 0 Å². The Morgan fingerprint density at radius 2 is 1.03 bits per heavy atom. The smallest absolute Gasteiger partial charge is 0.0637 e. The van der Waals surface area contributed by atoms with E-state index in [2.05, 4.69) is 45.4 Å². The van der Waals surface area contributed by atoms with Crippen molar-refractivity contribution in [3.05, 3.63) is 115 Å². The molecule has 0 aliphatic heterocycles. The third-order valence-electron chi connectivity index (χ3n) is 5.28. The number of benzene rings is 4. The largest absolute Gasteiger partial charge is 0.317 e. The van der Waals surface area contributed by atoms with Crippen LogP contribution in [0.25, 0.3) is 28.0 Å². The number of fused-ring (bicyclic) bond motifs is 3. The van der Waals surface area contributed by atoms with Gasteiger partial charge >= 0.3 is 0 Å². The molecular formula is C28H21N3. The van der Waals surface area contributed by atoms with E-state index in [4.69, 9.17) is 0 Å². The second-order valence-corrected chi connectivity index (χ2v) is 7.29. The maximum Gasteiger partial charge on any atom is 0.0637 e. The van der Waals surface area contributed by atoms with Crippen molar-refractivity contribution in [3.8, 4) is 0 Å². The summed E-state index contributed by atoms with van der Waals surface area (Å²) < 4.78 is 2.11. The average Bonchev–Trinajstić information content (AvgIpc) is 3.15. The van der Waals surface area contributed by atoms with Crippen LogP contribution < -0.4 is 0 Å². The number of nitrogens with zero attached hydrogens (tertiary/aromatic N) is 3. The van der Waals surface area contributed by atoms with E-state index in [9.17, 15) is 0 Å². The van der Waals surface area contributed by atoms with Gasteiger partial charge in [0.2, 0.25) is 0 Å². The third-order valence-corrected chi connectivity index (χ3v) is 5.28. The first-order valence-electron chi connectivity index (χ1n) is 10.2. The van der Waals surface area contributed by atoms with E-state index < -0.39 is 0 Å². The summed E-state index contributed by atoms with van der Waals surface area (Å²) in [4.78, 5) is 9.35. The maximum absolute atomic E-state index is 4.68. The zero-order chi connectivity index (χ0) is 21.0. The van der Waals surface area contributed by atoms with Gasteiger partial charge in [-0.1, -0.05) is 67.2 Å². The molecule has 3 nitrogen and oxygen atoms in total. The van der Waals surface area contributed by atoms with Crippen LogP contribution in [0, 0.1) is 0 Å². The molecule has 0 amide bonds. The molecule has 0 unspecified atom stereocenters. The molecule has 4 aromatic carbocycles. The van der Waals surface area contributed by atoms with E-state index in [1.807, 2.05) is 91.4 Å². The molecule has 5 aromatic rings. The molecule has 0 atom stereocenters. The lowest BCUT2D eigenvalue weighted by Crippen LogP contribution is -1.83. The fourth-order valence-corrected chi connectivity index (χ4v) is 3.76. The Morgan fingerprint density at radius 1 is 0.581 bits per heavy atom. The summed E-state index contributed by atoms with van der Waals surface area (Å²) in [5.41, 5.74) is 6.19. The predicted molar refractivity (Wildman–Crippen MR) is 133 cm³/mol. The number of aromatic nitrogens is 1. The van der Waals surface area contributed by atoms with Gasteiger partial charge in [-0.3, -0.25) is 9.98 Å². The Balaban J connectivity index is 1.58. The fourth-order valence-electron chi connectivity index (χ4n) is 3.76. The average molecular weight is 399 g/mol. The molecule has 0 aliphatic carbocycles. The van der Waals surface area contributed by atoms with Crippen molar-refractivity contribution in [2.24, 2.45) is 9.98 Å². The van der Waals surface area contributed by atoms with Crippen molar-refractivity contribution >= 4 is 51.8 Å². The molecule has 1 heterocycles. The topological polar surface area (TPSA) is 29.6 Å². The van der Waals surface area contributed by atoms with Crippen LogP contribution in [0.3, 0.4) is 0 Å². The standard InChI is InChI=1S/C28H21N3/c1-2-31-27-15-13-23(29-19-21-9-5-3-6-10-21)17-25(27)26-18-24(14-16-28(26)31)30-20-22-11-7-4-8-12-22/h2-20H,1H2. The van der Waals surface area contributed by atoms with Crippen LogP contribution in [0.1, 0.15) is 11.1 Å². The molecule has 0 saturated heterocycles. The highest BCUT2D eigenvalue weighted by atomic mass is 15.0. The van der Waals surface area contributed by atoms with Crippen molar-refractivity contribution in [1.29, 1.82) is 0 Å². The first-order chi connectivity index (χ1) is 15.3. The van der Waals surface area contributed by atoms with E-state index >= 15 is 0 Å². The van der Waals surface area contributed by atoms with Crippen molar-refractivity contribution in [2.75, 3.05) is 0 Å². The van der Waals surface area contributed by atoms with Crippen LogP contribution in [0.5, 0.6) is 0 Å². The van der Waals surface area contributed by atoms with E-state index in [1.165, 1.54) is 0 Å². The van der Waals surface area contributed by atoms with E-state index in [1.54, 1.807) is 0 Å². The molecule has 148 valence electrons. The van der Waals surface area contributed by atoms with Crippen LogP contribution in [-0.2, 0) is 0 Å². The minimum absolute atomic E-state index is 0.914. The maximum atomic E-state index is 4.68. The molecule has 0 saturated carbocycles. The first-order valence-corrected chi connectivity index (χ1v) is 10.2. The lowest BCUT2D eigenvalue weighted by molar-refractivity contribution is 1.29. The molecule has 31 heavy (non-hydrogen) atoms. The highest BCUT2D eigenvalue weighted by molar-refractivity contribution is 6.11. The van der Waals surface area contributed by atoms with Crippen LogP contribution in [0.4, 0.5) is 11.4 Å². The highest BCUT2D eigenvalue weighted by Crippen LogP contribution is 2.34. The number of hydrogen-bond donors (Lipinski definition) is 0. The fraction of sp³-hybridized carbons (Fsp3) is 0. The first kappa shape index (κ1) is 18.8. The monoisotopic (exact) mass is 399 g/mol. The molecule has 0 radical (unpaired) electrons. The minimum atomic E-state index is 0.914. The summed E-state index contributed by atoms with van der Waals surface area (Å²) in [5, 5.41) is 2.27. The number of hydrogen-bond acceptors (Lipinski definition) is 2. The summed E-state index contributed by atoms with van der Waals surface area (Å²) in [6.45, 7) is 4.00. The summed E-state index contributed by atoms with van der Waals surface area (Å²) in [6.07, 6.45) is 5.64. The second kappa shape index (κ2) is 8.25. The number of aliphatic imine (C=N–C) groups is 2. The van der Waals surface area contributed by atoms with Crippen LogP contribution in [0.15, 0.2) is 114 Å². The van der Waals surface area contributed by atoms with Gasteiger partial charge in [0.15, 0.2) is 0 Å². The molecule has 1 aromatic heterocycles. The van der Waals surface area contributed by atoms with Crippen molar-refractivity contribution in [1.82, 2.24) is 4.57 Å². The van der Waals surface area contributed by atoms with Gasteiger partial charge in [-0.15, -0.1) is 0 Å². The zero-order valence-corrected chi connectivity index (χ0v) is 17.0. The summed E-state index contributed by atoms with van der Waals surface area (Å²) >= 11 is 0. The second-order valence-electron chi connectivity index (χ2n) is 7.29. The summed E-state index contributed by atoms with van der Waals surface area (Å²) in [6, 6.07) is 32.8. The Kier molecular flexibility index (Phi) is 4.99. The minimum Gasteiger partial charge on any atom is -0.317 e. The molecular weight excluding hydrogens is 378 g/mol. The molecule has 3 heteroatoms. The lowest BCUT2D eigenvalue weighted by atomic mass is 10.1. The van der Waals surface area contributed by atoms with E-state index in [0.717, 1.165) is 44.3 Å². The van der Waals surface area contributed by atoms with Gasteiger partial charge in [0.25, 0.3) is 0 Å². The molecule has 0 spiro atoms. The zero-order valence-electron chi connectivity index (χ0n) is 17.0. The van der Waals surface area contributed by atoms with Gasteiger partial charge < -0.3 is 4.57 Å². The molecule has 0 aliphatic rings. The normalized spacial score (nSPS) is 11.7. The van der Waals surface area contributed by atoms with Gasteiger partial charge in [0.1, 0.15) is 0 Å². The number of rotatable bonds is 5. The van der Waals surface area contributed by atoms with Crippen molar-refractivity contribution in [3.63, 3.8) is 0 Å². The summed E-state index contributed by atoms with van der Waals surface area (Å²) in [5.74, 6) is 0. The Bertz CT molecular complexity index is 1320. The van der Waals surface area contributed by atoms with Crippen molar-refractivity contribution < 1.29 is 0 Å². The van der Waals surface area contributed by atoms with Gasteiger partial charge in [0, 0.05) is 29.4 Å². The van der Waals surface area contributed by atoms with Gasteiger partial charge in [0.05, 0.1) is 22.4 Å². The van der Waals surface area contributed by atoms with E-state index in [0.29, 0.717) is 0 Å². The highest BCUT2D eigenvalue weighted by Gasteiger charge is 2.10. The van der Waals surface area contributed by atoms with Gasteiger partial charge in [-0.25, -0.2) is 0 Å².